The number of nitrogens with zero attached hydrogens (tertiary/aromatic N) is 4. The van der Waals surface area contributed by atoms with E-state index in [1.807, 2.05) is 10.8 Å². The van der Waals surface area contributed by atoms with Crippen molar-refractivity contribution in [2.75, 3.05) is 20.3 Å². The zero-order valence-electron chi connectivity index (χ0n) is 9.67. The van der Waals surface area contributed by atoms with Gasteiger partial charge in [0, 0.05) is 32.8 Å². The van der Waals surface area contributed by atoms with Crippen LogP contribution in [0, 0.1) is 0 Å². The van der Waals surface area contributed by atoms with Crippen LogP contribution in [0.25, 0.3) is 11.6 Å². The van der Waals surface area contributed by atoms with Crippen molar-refractivity contribution in [1.29, 1.82) is 0 Å². The Bertz CT molecular complexity index is 465. The van der Waals surface area contributed by atoms with Crippen molar-refractivity contribution >= 4 is 0 Å². The number of imidazole rings is 1. The molecule has 0 atom stereocenters. The van der Waals surface area contributed by atoms with Crippen LogP contribution in [0.3, 0.4) is 0 Å². The molecule has 2 aromatic heterocycles. The summed E-state index contributed by atoms with van der Waals surface area (Å²) in [4.78, 5) is 8.41. The molecule has 0 fully saturated rings. The molecular formula is C10H15N5O2. The summed E-state index contributed by atoms with van der Waals surface area (Å²) in [7, 11) is 1.63. The lowest BCUT2D eigenvalue weighted by Crippen LogP contribution is -2.07. The highest BCUT2D eigenvalue weighted by Gasteiger charge is 2.11. The highest BCUT2D eigenvalue weighted by molar-refractivity contribution is 5.44. The molecule has 0 bridgehead atoms. The minimum atomic E-state index is 0.423. The topological polar surface area (TPSA) is 92.0 Å². The molecule has 17 heavy (non-hydrogen) atoms. The molecule has 0 aliphatic heterocycles. The van der Waals surface area contributed by atoms with E-state index in [4.69, 9.17) is 15.0 Å². The Kier molecular flexibility index (Phi) is 3.84. The standard InChI is InChI=1S/C10H15N5O2/c1-16-5-2-9-13-10(17-14-9)8-6-15(4-3-11)7-12-8/h6-7H,2-5,11H2,1H3. The molecule has 2 rings (SSSR count). The van der Waals surface area contributed by atoms with Crippen molar-refractivity contribution in [3.05, 3.63) is 18.3 Å². The predicted octanol–water partition coefficient (Wildman–Crippen LogP) is 0.0807. The van der Waals surface area contributed by atoms with Crippen molar-refractivity contribution in [3.63, 3.8) is 0 Å². The van der Waals surface area contributed by atoms with Crippen LogP contribution in [-0.4, -0.2) is 40.0 Å². The highest BCUT2D eigenvalue weighted by atomic mass is 16.5. The van der Waals surface area contributed by atoms with Gasteiger partial charge in [-0.1, -0.05) is 5.16 Å². The zero-order chi connectivity index (χ0) is 12.1. The van der Waals surface area contributed by atoms with Crippen LogP contribution in [0.15, 0.2) is 17.0 Å². The lowest BCUT2D eigenvalue weighted by molar-refractivity contribution is 0.199. The first-order valence-electron chi connectivity index (χ1n) is 5.37. The first-order chi connectivity index (χ1) is 8.33. The summed E-state index contributed by atoms with van der Waals surface area (Å²) < 4.78 is 11.9. The number of nitrogens with two attached hydrogens (primary N) is 1. The number of ether oxygens (including phenoxy) is 1. The second-order valence-electron chi connectivity index (χ2n) is 3.54. The smallest absolute Gasteiger partial charge is 0.278 e. The Morgan fingerprint density at radius 3 is 3.18 bits per heavy atom. The second kappa shape index (κ2) is 5.55. The van der Waals surface area contributed by atoms with E-state index in [9.17, 15) is 0 Å². The van der Waals surface area contributed by atoms with Gasteiger partial charge in [-0.2, -0.15) is 4.98 Å². The molecule has 2 heterocycles. The lowest BCUT2D eigenvalue weighted by atomic mass is 10.4. The fourth-order valence-electron chi connectivity index (χ4n) is 1.39. The van der Waals surface area contributed by atoms with Crippen LogP contribution in [0.4, 0.5) is 0 Å². The maximum Gasteiger partial charge on any atom is 0.278 e. The van der Waals surface area contributed by atoms with Gasteiger partial charge in [0.15, 0.2) is 5.82 Å². The number of hydrogen-bond donors (Lipinski definition) is 1. The SMILES string of the molecule is COCCc1noc(-c2cn(CCN)cn2)n1. The minimum Gasteiger partial charge on any atom is -0.384 e. The molecule has 0 amide bonds. The molecule has 2 N–H and O–H groups in total. The molecule has 0 aliphatic carbocycles. The molecule has 0 saturated carbocycles. The van der Waals surface area contributed by atoms with Crippen LogP contribution in [-0.2, 0) is 17.7 Å². The van der Waals surface area contributed by atoms with Crippen molar-refractivity contribution in [1.82, 2.24) is 19.7 Å². The van der Waals surface area contributed by atoms with E-state index in [-0.39, 0.29) is 0 Å². The van der Waals surface area contributed by atoms with Crippen molar-refractivity contribution < 1.29 is 9.26 Å². The summed E-state index contributed by atoms with van der Waals surface area (Å²) in [5.74, 6) is 1.04. The Hall–Kier alpha value is -1.73. The van der Waals surface area contributed by atoms with Crippen molar-refractivity contribution in [2.24, 2.45) is 5.73 Å². The van der Waals surface area contributed by atoms with Gasteiger partial charge in [0.1, 0.15) is 5.69 Å². The summed E-state index contributed by atoms with van der Waals surface area (Å²) >= 11 is 0. The van der Waals surface area contributed by atoms with Gasteiger partial charge in [-0.15, -0.1) is 0 Å². The molecule has 2 aromatic rings. The maximum absolute atomic E-state index is 5.45. The van der Waals surface area contributed by atoms with Gasteiger partial charge in [0.05, 0.1) is 12.9 Å². The van der Waals surface area contributed by atoms with Gasteiger partial charge in [-0.05, 0) is 0 Å². The van der Waals surface area contributed by atoms with E-state index in [0.717, 1.165) is 6.54 Å². The second-order valence-corrected chi connectivity index (χ2v) is 3.54. The van der Waals surface area contributed by atoms with Crippen molar-refractivity contribution in [2.45, 2.75) is 13.0 Å². The summed E-state index contributed by atoms with van der Waals surface area (Å²) in [6.07, 6.45) is 4.16. The third-order valence-electron chi connectivity index (χ3n) is 2.24. The van der Waals surface area contributed by atoms with Crippen LogP contribution in [0.1, 0.15) is 5.82 Å². The Morgan fingerprint density at radius 2 is 2.41 bits per heavy atom. The average Bonchev–Trinajstić information content (AvgIpc) is 2.95. The van der Waals surface area contributed by atoms with E-state index in [2.05, 4.69) is 15.1 Å². The molecule has 0 unspecified atom stereocenters. The monoisotopic (exact) mass is 237 g/mol. The molecule has 92 valence electrons. The lowest BCUT2D eigenvalue weighted by Gasteiger charge is -1.94. The number of aromatic nitrogens is 4. The summed E-state index contributed by atoms with van der Waals surface area (Å²) in [5.41, 5.74) is 6.12. The van der Waals surface area contributed by atoms with E-state index in [1.165, 1.54) is 0 Å². The van der Waals surface area contributed by atoms with Crippen LogP contribution in [0.2, 0.25) is 0 Å². The molecule has 0 spiro atoms. The molecule has 0 saturated heterocycles. The number of rotatable bonds is 6. The van der Waals surface area contributed by atoms with Crippen LogP contribution < -0.4 is 5.73 Å². The predicted molar refractivity (Wildman–Crippen MR) is 60.2 cm³/mol. The quantitative estimate of drug-likeness (QED) is 0.765. The van der Waals surface area contributed by atoms with E-state index < -0.39 is 0 Å². The first-order valence-corrected chi connectivity index (χ1v) is 5.37. The number of hydrogen-bond acceptors (Lipinski definition) is 6. The molecule has 7 heteroatoms. The third kappa shape index (κ3) is 2.89. The summed E-state index contributed by atoms with van der Waals surface area (Å²) in [6.45, 7) is 1.86. The first kappa shape index (κ1) is 11.7. The highest BCUT2D eigenvalue weighted by Crippen LogP contribution is 2.14. The minimum absolute atomic E-state index is 0.423. The van der Waals surface area contributed by atoms with Crippen LogP contribution >= 0.6 is 0 Å². The Balaban J connectivity index is 2.07. The van der Waals surface area contributed by atoms with E-state index in [0.29, 0.717) is 37.0 Å². The normalized spacial score (nSPS) is 10.9. The summed E-state index contributed by atoms with van der Waals surface area (Å²) in [5, 5.41) is 3.85. The largest absolute Gasteiger partial charge is 0.384 e. The average molecular weight is 237 g/mol. The van der Waals surface area contributed by atoms with Gasteiger partial charge in [0.25, 0.3) is 5.89 Å². The molecule has 7 nitrogen and oxygen atoms in total. The Labute approximate surface area is 98.6 Å². The fraction of sp³-hybridized carbons (Fsp3) is 0.500. The molecule has 0 aromatic carbocycles. The zero-order valence-corrected chi connectivity index (χ0v) is 9.67. The van der Waals surface area contributed by atoms with Gasteiger partial charge in [0.2, 0.25) is 0 Å². The van der Waals surface area contributed by atoms with Crippen molar-refractivity contribution in [3.8, 4) is 11.6 Å². The summed E-state index contributed by atoms with van der Waals surface area (Å²) in [6, 6.07) is 0. The molecule has 0 aliphatic rings. The van der Waals surface area contributed by atoms with Gasteiger partial charge >= 0.3 is 0 Å². The van der Waals surface area contributed by atoms with Gasteiger partial charge in [-0.25, -0.2) is 4.98 Å². The molecular weight excluding hydrogens is 222 g/mol. The number of methoxy groups -OCH3 is 1. The van der Waals surface area contributed by atoms with E-state index in [1.54, 1.807) is 13.4 Å². The van der Waals surface area contributed by atoms with Gasteiger partial charge < -0.3 is 19.6 Å². The van der Waals surface area contributed by atoms with E-state index >= 15 is 0 Å². The molecule has 0 radical (unpaired) electrons. The third-order valence-corrected chi connectivity index (χ3v) is 2.24. The Morgan fingerprint density at radius 1 is 1.53 bits per heavy atom. The maximum atomic E-state index is 5.45. The fourth-order valence-corrected chi connectivity index (χ4v) is 1.39. The van der Waals surface area contributed by atoms with Gasteiger partial charge in [-0.3, -0.25) is 0 Å². The van der Waals surface area contributed by atoms with Crippen LogP contribution in [0.5, 0.6) is 0 Å².